The van der Waals surface area contributed by atoms with Gasteiger partial charge in [0, 0.05) is 43.3 Å². The molecule has 1 aromatic carbocycles. The van der Waals surface area contributed by atoms with Crippen molar-refractivity contribution in [3.05, 3.63) is 68.8 Å². The fraction of sp³-hybridized carbons (Fsp3) is 0.348. The van der Waals surface area contributed by atoms with Crippen LogP contribution in [0.25, 0.3) is 21.7 Å². The van der Waals surface area contributed by atoms with Gasteiger partial charge in [-0.2, -0.15) is 18.3 Å². The highest BCUT2D eigenvalue weighted by molar-refractivity contribution is 5.90. The number of nitrogens with one attached hydrogen (secondary N) is 1. The summed E-state index contributed by atoms with van der Waals surface area (Å²) in [7, 11) is 1.37. The molecule has 4 aromatic rings. The maximum atomic E-state index is 14.1. The van der Waals surface area contributed by atoms with Gasteiger partial charge in [-0.05, 0) is 13.0 Å². The van der Waals surface area contributed by atoms with Crippen LogP contribution in [0.1, 0.15) is 24.9 Å². The largest absolute Gasteiger partial charge is 0.461 e. The second-order valence-corrected chi connectivity index (χ2v) is 8.59. The summed E-state index contributed by atoms with van der Waals surface area (Å²) in [6, 6.07) is 5.25. The van der Waals surface area contributed by atoms with E-state index < -0.39 is 47.7 Å². The number of aryl methyl sites for hydroxylation is 1. The third kappa shape index (κ3) is 3.51. The fourth-order valence-corrected chi connectivity index (χ4v) is 4.54. The zero-order valence-corrected chi connectivity index (χ0v) is 18.6. The molecule has 5 rings (SSSR count). The summed E-state index contributed by atoms with van der Waals surface area (Å²) in [5.74, 6) is -0.455. The quantitative estimate of drug-likeness (QED) is 0.436. The lowest BCUT2D eigenvalue weighted by Crippen LogP contribution is -2.52. The van der Waals surface area contributed by atoms with Crippen molar-refractivity contribution in [3.63, 3.8) is 0 Å². The molecule has 0 spiro atoms. The number of benzene rings is 1. The molecule has 1 N–H and O–H groups in total. The number of alkyl halides is 3. The number of anilines is 1. The number of ether oxygens (including phenoxy) is 1. The van der Waals surface area contributed by atoms with Crippen LogP contribution < -0.4 is 16.4 Å². The Morgan fingerprint density at radius 1 is 1.20 bits per heavy atom. The van der Waals surface area contributed by atoms with Crippen LogP contribution in [0.3, 0.4) is 0 Å². The van der Waals surface area contributed by atoms with Gasteiger partial charge in [-0.1, -0.05) is 12.1 Å². The fourth-order valence-electron chi connectivity index (χ4n) is 4.54. The van der Waals surface area contributed by atoms with Crippen LogP contribution in [0, 0.1) is 5.82 Å². The zero-order chi connectivity index (χ0) is 25.1. The van der Waals surface area contributed by atoms with E-state index in [1.807, 2.05) is 0 Å². The van der Waals surface area contributed by atoms with Crippen LogP contribution in [0.2, 0.25) is 0 Å². The second kappa shape index (κ2) is 7.94. The van der Waals surface area contributed by atoms with Crippen LogP contribution in [0.4, 0.5) is 23.4 Å². The summed E-state index contributed by atoms with van der Waals surface area (Å²) < 4.78 is 68.3. The molecule has 184 valence electrons. The van der Waals surface area contributed by atoms with Crippen molar-refractivity contribution in [2.24, 2.45) is 7.05 Å². The third-order valence-electron chi connectivity index (χ3n) is 6.48. The average Bonchev–Trinajstić information content (AvgIpc) is 3.45. The van der Waals surface area contributed by atoms with Gasteiger partial charge >= 0.3 is 6.18 Å². The van der Waals surface area contributed by atoms with Gasteiger partial charge in [-0.15, -0.1) is 0 Å². The minimum Gasteiger partial charge on any atom is -0.461 e. The average molecular weight is 492 g/mol. The van der Waals surface area contributed by atoms with Crippen LogP contribution in [0.15, 0.2) is 50.7 Å². The molecular weight excluding hydrogens is 472 g/mol. The molecule has 4 heterocycles. The summed E-state index contributed by atoms with van der Waals surface area (Å²) in [5, 5.41) is 7.50. The lowest BCUT2D eigenvalue weighted by molar-refractivity contribution is -0.214. The molecule has 8 nitrogen and oxygen atoms in total. The first-order valence-corrected chi connectivity index (χ1v) is 10.7. The summed E-state index contributed by atoms with van der Waals surface area (Å²) in [4.78, 5) is 25.5. The Kier molecular flexibility index (Phi) is 5.24. The Hall–Kier alpha value is -3.67. The number of furan rings is 1. The van der Waals surface area contributed by atoms with E-state index in [2.05, 4.69) is 10.4 Å². The molecule has 12 heteroatoms. The molecule has 1 aliphatic heterocycles. The summed E-state index contributed by atoms with van der Waals surface area (Å²) in [6.07, 6.45) is -3.21. The van der Waals surface area contributed by atoms with Gasteiger partial charge in [0.25, 0.3) is 11.1 Å². The van der Waals surface area contributed by atoms with E-state index in [-0.39, 0.29) is 28.6 Å². The minimum atomic E-state index is -4.77. The lowest BCUT2D eigenvalue weighted by atomic mass is 9.96. The van der Waals surface area contributed by atoms with Gasteiger partial charge in [0.15, 0.2) is 17.2 Å². The minimum absolute atomic E-state index is 0.0351. The molecule has 0 saturated carbocycles. The first-order chi connectivity index (χ1) is 16.5. The first kappa shape index (κ1) is 23.1. The predicted octanol–water partition coefficient (Wildman–Crippen LogP) is 3.83. The third-order valence-corrected chi connectivity index (χ3v) is 6.48. The number of pyridine rings is 1. The maximum absolute atomic E-state index is 14.1. The Bertz CT molecular complexity index is 1560. The van der Waals surface area contributed by atoms with Crippen molar-refractivity contribution >= 4 is 27.6 Å². The molecule has 0 bridgehead atoms. The van der Waals surface area contributed by atoms with Gasteiger partial charge in [0.05, 0.1) is 23.4 Å². The number of aromatic nitrogens is 3. The van der Waals surface area contributed by atoms with Crippen molar-refractivity contribution < 1.29 is 26.7 Å². The Morgan fingerprint density at radius 3 is 2.66 bits per heavy atom. The van der Waals surface area contributed by atoms with E-state index >= 15 is 0 Å². The van der Waals surface area contributed by atoms with Crippen molar-refractivity contribution in [1.29, 1.82) is 0 Å². The number of fused-ring (bicyclic) bond motifs is 2. The second-order valence-electron chi connectivity index (χ2n) is 8.59. The highest BCUT2D eigenvalue weighted by atomic mass is 19.4. The van der Waals surface area contributed by atoms with Gasteiger partial charge in [0.1, 0.15) is 11.8 Å². The molecule has 35 heavy (non-hydrogen) atoms. The highest BCUT2D eigenvalue weighted by Gasteiger charge is 2.59. The molecule has 3 aromatic heterocycles. The number of para-hydroxylation sites is 1. The Labute approximate surface area is 194 Å². The molecule has 2 atom stereocenters. The number of halogens is 4. The topological polar surface area (TPSA) is 91.3 Å². The summed E-state index contributed by atoms with van der Waals surface area (Å²) in [6.45, 7) is 0.849. The molecule has 0 amide bonds. The molecule has 1 saturated heterocycles. The van der Waals surface area contributed by atoms with Crippen molar-refractivity contribution in [2.75, 3.05) is 18.5 Å². The van der Waals surface area contributed by atoms with Crippen LogP contribution >= 0.6 is 0 Å². The molecular formula is C23H20F4N4O4. The summed E-state index contributed by atoms with van der Waals surface area (Å²) in [5.41, 5.74) is -3.30. The van der Waals surface area contributed by atoms with Crippen molar-refractivity contribution in [1.82, 2.24) is 14.3 Å². The highest BCUT2D eigenvalue weighted by Crippen LogP contribution is 2.42. The van der Waals surface area contributed by atoms with E-state index in [0.29, 0.717) is 15.7 Å². The van der Waals surface area contributed by atoms with Gasteiger partial charge < -0.3 is 14.5 Å². The summed E-state index contributed by atoms with van der Waals surface area (Å²) >= 11 is 0. The molecule has 1 fully saturated rings. The monoisotopic (exact) mass is 492 g/mol. The van der Waals surface area contributed by atoms with Crippen LogP contribution in [-0.2, 0) is 17.3 Å². The van der Waals surface area contributed by atoms with Gasteiger partial charge in [-0.3, -0.25) is 14.2 Å². The van der Waals surface area contributed by atoms with Gasteiger partial charge in [-0.25, -0.2) is 9.07 Å². The lowest BCUT2D eigenvalue weighted by Gasteiger charge is -2.32. The van der Waals surface area contributed by atoms with E-state index in [4.69, 9.17) is 9.15 Å². The van der Waals surface area contributed by atoms with E-state index in [9.17, 15) is 27.2 Å². The van der Waals surface area contributed by atoms with Gasteiger partial charge in [0.2, 0.25) is 0 Å². The Morgan fingerprint density at radius 2 is 1.97 bits per heavy atom. The van der Waals surface area contributed by atoms with Crippen molar-refractivity contribution in [2.45, 2.75) is 31.1 Å². The predicted molar refractivity (Wildman–Crippen MR) is 119 cm³/mol. The maximum Gasteiger partial charge on any atom is 0.414 e. The molecule has 0 radical (unpaired) electrons. The Balaban J connectivity index is 1.68. The normalized spacial score (nSPS) is 19.5. The standard InChI is InChI=1S/C23H20F4N4O4/c1-12(13-4-3-5-14-17(24)10-35-19(13)14)28-20-16-9-31(22(23(25,26)27)6-7-34-11-22)18(32)8-15(16)21(33)30(2)29-20/h3-5,8-10,12H,6-7,11H2,1-2H3,(H,28,29)/t12-,22?/m1/s1. The number of hydrogen-bond donors (Lipinski definition) is 1. The van der Waals surface area contributed by atoms with Crippen LogP contribution in [0.5, 0.6) is 0 Å². The van der Waals surface area contributed by atoms with Crippen molar-refractivity contribution in [3.8, 4) is 0 Å². The zero-order valence-electron chi connectivity index (χ0n) is 18.6. The van der Waals surface area contributed by atoms with Crippen LogP contribution in [-0.4, -0.2) is 33.7 Å². The smallest absolute Gasteiger partial charge is 0.414 e. The molecule has 0 aliphatic carbocycles. The van der Waals surface area contributed by atoms with E-state index in [1.165, 1.54) is 7.05 Å². The molecule has 1 unspecified atom stereocenters. The molecule has 1 aliphatic rings. The number of hydrogen-bond acceptors (Lipinski definition) is 6. The SMILES string of the molecule is C[C@@H](Nc1nn(C)c(=O)c2cc(=O)n(C3(C(F)(F)F)CCOC3)cc12)c1cccc2c(F)coc12. The number of rotatable bonds is 4. The number of nitrogens with zero attached hydrogens (tertiary/aromatic N) is 3. The van der Waals surface area contributed by atoms with E-state index in [1.54, 1.807) is 25.1 Å². The van der Waals surface area contributed by atoms with E-state index in [0.717, 1.165) is 23.2 Å². The first-order valence-electron chi connectivity index (χ1n) is 10.7.